The Hall–Kier alpha value is -2.48. The molecule has 3 heterocycles. The highest BCUT2D eigenvalue weighted by atomic mass is 16.3. The van der Waals surface area contributed by atoms with Gasteiger partial charge in [-0.05, 0) is 56.2 Å². The van der Waals surface area contributed by atoms with Crippen LogP contribution in [0.15, 0.2) is 36.7 Å². The van der Waals surface area contributed by atoms with Gasteiger partial charge in [0.05, 0.1) is 6.10 Å². The summed E-state index contributed by atoms with van der Waals surface area (Å²) in [6, 6.07) is 9.96. The van der Waals surface area contributed by atoms with E-state index in [0.29, 0.717) is 12.1 Å². The maximum absolute atomic E-state index is 10.1. The fraction of sp³-hybridized carbons (Fsp3) is 0.586. The molecule has 7 heteroatoms. The van der Waals surface area contributed by atoms with Crippen molar-refractivity contribution < 1.29 is 5.11 Å². The first-order chi connectivity index (χ1) is 17.6. The van der Waals surface area contributed by atoms with Gasteiger partial charge in [0.15, 0.2) is 0 Å². The van der Waals surface area contributed by atoms with Gasteiger partial charge in [-0.25, -0.2) is 4.98 Å². The number of piperazine rings is 1. The minimum atomic E-state index is -0.164. The van der Waals surface area contributed by atoms with E-state index >= 15 is 0 Å². The number of hydrogen-bond donors (Lipinski definition) is 2. The van der Waals surface area contributed by atoms with Crippen LogP contribution in [0, 0.1) is 5.92 Å². The molecule has 3 fully saturated rings. The minimum Gasteiger partial charge on any atom is -0.393 e. The molecule has 1 aromatic carbocycles. The van der Waals surface area contributed by atoms with Gasteiger partial charge in [0, 0.05) is 68.2 Å². The Bertz CT molecular complexity index is 1170. The molecule has 7 nitrogen and oxygen atoms in total. The highest BCUT2D eigenvalue weighted by molar-refractivity contribution is 5.94. The molecule has 2 aromatic heterocycles. The lowest BCUT2D eigenvalue weighted by atomic mass is 9.93. The summed E-state index contributed by atoms with van der Waals surface area (Å²) in [6.07, 6.45) is 10.2. The SMILES string of the molecule is CCC1CC1Nc1ncc2c(-c3ccc(CN4CCN(C)CC4)cc3)cn([C@H]3CC[C@H](O)CC3)c2n1. The van der Waals surface area contributed by atoms with Crippen LogP contribution in [0.3, 0.4) is 0 Å². The summed E-state index contributed by atoms with van der Waals surface area (Å²) in [5.41, 5.74) is 4.80. The number of likely N-dealkylation sites (N-methyl/N-ethyl adjacent to an activating group) is 1. The molecule has 3 aliphatic rings. The number of aromatic nitrogens is 3. The van der Waals surface area contributed by atoms with E-state index in [1.807, 2.05) is 6.20 Å². The highest BCUT2D eigenvalue weighted by Crippen LogP contribution is 2.38. The third kappa shape index (κ3) is 5.01. The maximum Gasteiger partial charge on any atom is 0.224 e. The Morgan fingerprint density at radius 1 is 1.03 bits per heavy atom. The van der Waals surface area contributed by atoms with Crippen LogP contribution in [0.5, 0.6) is 0 Å². The molecule has 3 aromatic rings. The van der Waals surface area contributed by atoms with E-state index in [1.54, 1.807) is 0 Å². The van der Waals surface area contributed by atoms with Crippen LogP contribution in [0.2, 0.25) is 0 Å². The van der Waals surface area contributed by atoms with Gasteiger partial charge >= 0.3 is 0 Å². The van der Waals surface area contributed by atoms with E-state index in [4.69, 9.17) is 9.97 Å². The molecule has 2 unspecified atom stereocenters. The summed E-state index contributed by atoms with van der Waals surface area (Å²) in [5, 5.41) is 14.7. The number of anilines is 1. The Labute approximate surface area is 214 Å². The molecule has 6 rings (SSSR count). The molecule has 0 spiro atoms. The number of hydrogen-bond acceptors (Lipinski definition) is 6. The molecule has 2 saturated carbocycles. The van der Waals surface area contributed by atoms with Gasteiger partial charge in [-0.2, -0.15) is 4.98 Å². The van der Waals surface area contributed by atoms with E-state index in [0.717, 1.165) is 81.3 Å². The van der Waals surface area contributed by atoms with Crippen LogP contribution in [0.4, 0.5) is 5.95 Å². The summed E-state index contributed by atoms with van der Waals surface area (Å²) < 4.78 is 2.37. The first kappa shape index (κ1) is 23.9. The predicted molar refractivity (Wildman–Crippen MR) is 145 cm³/mol. The number of benzene rings is 1. The number of nitrogens with one attached hydrogen (secondary N) is 1. The Balaban J connectivity index is 1.28. The van der Waals surface area contributed by atoms with Gasteiger partial charge in [0.25, 0.3) is 0 Å². The van der Waals surface area contributed by atoms with Gasteiger partial charge in [0.1, 0.15) is 5.65 Å². The zero-order valence-electron chi connectivity index (χ0n) is 21.7. The number of nitrogens with zero attached hydrogens (tertiary/aromatic N) is 5. The molecule has 0 bridgehead atoms. The molecule has 1 aliphatic heterocycles. The fourth-order valence-electron chi connectivity index (χ4n) is 6.04. The van der Waals surface area contributed by atoms with Crippen LogP contribution < -0.4 is 5.32 Å². The molecular formula is C29H40N6O. The summed E-state index contributed by atoms with van der Waals surface area (Å²) >= 11 is 0. The molecule has 2 atom stereocenters. The molecule has 0 amide bonds. The lowest BCUT2D eigenvalue weighted by Crippen LogP contribution is -2.43. The van der Waals surface area contributed by atoms with Gasteiger partial charge in [-0.1, -0.05) is 37.6 Å². The van der Waals surface area contributed by atoms with E-state index < -0.39 is 0 Å². The standard InChI is InChI=1S/C29H40N6O/c1-3-21-16-27(21)31-29-30-17-25-26(19-35(28(25)32-29)23-8-10-24(36)11-9-23)22-6-4-20(5-7-22)18-34-14-12-33(2)13-15-34/h4-7,17,19,21,23-24,27,36H,3,8-16,18H2,1-2H3,(H,30,31,32)/t21?,23-,24-,27?. The number of rotatable bonds is 7. The van der Waals surface area contributed by atoms with Crippen molar-refractivity contribution in [3.63, 3.8) is 0 Å². The normalized spacial score (nSPS) is 27.4. The van der Waals surface area contributed by atoms with Crippen molar-refractivity contribution in [3.8, 4) is 11.1 Å². The third-order valence-electron chi connectivity index (χ3n) is 8.66. The molecule has 2 N–H and O–H groups in total. The summed E-state index contributed by atoms with van der Waals surface area (Å²) in [7, 11) is 2.20. The quantitative estimate of drug-likeness (QED) is 0.509. The van der Waals surface area contributed by atoms with Crippen LogP contribution >= 0.6 is 0 Å². The van der Waals surface area contributed by atoms with Gasteiger partial charge in [0.2, 0.25) is 5.95 Å². The van der Waals surface area contributed by atoms with Gasteiger partial charge < -0.3 is 19.9 Å². The predicted octanol–water partition coefficient (Wildman–Crippen LogP) is 4.53. The average Bonchev–Trinajstić information content (AvgIpc) is 3.55. The lowest BCUT2D eigenvalue weighted by Gasteiger charge is -2.32. The number of aliphatic hydroxyl groups excluding tert-OH is 1. The van der Waals surface area contributed by atoms with Crippen molar-refractivity contribution in [3.05, 3.63) is 42.2 Å². The monoisotopic (exact) mass is 488 g/mol. The molecule has 1 saturated heterocycles. The van der Waals surface area contributed by atoms with Crippen molar-refractivity contribution in [1.82, 2.24) is 24.3 Å². The molecule has 0 radical (unpaired) electrons. The largest absolute Gasteiger partial charge is 0.393 e. The van der Waals surface area contributed by atoms with Crippen LogP contribution in [-0.2, 0) is 6.54 Å². The second kappa shape index (κ2) is 10.1. The van der Waals surface area contributed by atoms with Crippen molar-refractivity contribution in [2.45, 2.75) is 70.2 Å². The zero-order valence-corrected chi connectivity index (χ0v) is 21.7. The minimum absolute atomic E-state index is 0.164. The molecule has 36 heavy (non-hydrogen) atoms. The fourth-order valence-corrected chi connectivity index (χ4v) is 6.04. The van der Waals surface area contributed by atoms with Crippen molar-refractivity contribution in [1.29, 1.82) is 0 Å². The van der Waals surface area contributed by atoms with Crippen LogP contribution in [-0.4, -0.2) is 74.8 Å². The van der Waals surface area contributed by atoms with Crippen molar-refractivity contribution >= 4 is 17.0 Å². The average molecular weight is 489 g/mol. The lowest BCUT2D eigenvalue weighted by molar-refractivity contribution is 0.111. The molecule has 2 aliphatic carbocycles. The van der Waals surface area contributed by atoms with E-state index in [9.17, 15) is 5.11 Å². The molecule has 192 valence electrons. The molecular weight excluding hydrogens is 448 g/mol. The van der Waals surface area contributed by atoms with E-state index in [1.165, 1.54) is 29.5 Å². The topological polar surface area (TPSA) is 69.5 Å². The van der Waals surface area contributed by atoms with Crippen molar-refractivity contribution in [2.75, 3.05) is 38.5 Å². The van der Waals surface area contributed by atoms with Gasteiger partial charge in [-0.15, -0.1) is 0 Å². The Morgan fingerprint density at radius 3 is 2.47 bits per heavy atom. The number of fused-ring (bicyclic) bond motifs is 1. The third-order valence-corrected chi connectivity index (χ3v) is 8.66. The van der Waals surface area contributed by atoms with E-state index in [2.05, 4.69) is 64.1 Å². The number of aliphatic hydroxyl groups is 1. The summed E-state index contributed by atoms with van der Waals surface area (Å²) in [5.74, 6) is 1.49. The zero-order chi connectivity index (χ0) is 24.6. The Morgan fingerprint density at radius 2 is 1.78 bits per heavy atom. The van der Waals surface area contributed by atoms with Crippen molar-refractivity contribution in [2.24, 2.45) is 5.92 Å². The Kier molecular flexibility index (Phi) is 6.71. The van der Waals surface area contributed by atoms with Crippen LogP contribution in [0.25, 0.3) is 22.2 Å². The first-order valence-corrected chi connectivity index (χ1v) is 13.9. The first-order valence-electron chi connectivity index (χ1n) is 13.9. The van der Waals surface area contributed by atoms with E-state index in [-0.39, 0.29) is 6.10 Å². The smallest absolute Gasteiger partial charge is 0.224 e. The summed E-state index contributed by atoms with van der Waals surface area (Å²) in [6.45, 7) is 7.82. The highest BCUT2D eigenvalue weighted by Gasteiger charge is 2.36. The summed E-state index contributed by atoms with van der Waals surface area (Å²) in [4.78, 5) is 14.7. The van der Waals surface area contributed by atoms with Crippen LogP contribution in [0.1, 0.15) is 57.1 Å². The van der Waals surface area contributed by atoms with Gasteiger partial charge in [-0.3, -0.25) is 4.90 Å². The second-order valence-electron chi connectivity index (χ2n) is 11.3. The maximum atomic E-state index is 10.1. The second-order valence-corrected chi connectivity index (χ2v) is 11.3.